The molecule has 0 saturated heterocycles. The zero-order valence-corrected chi connectivity index (χ0v) is 11.4. The monoisotopic (exact) mass is 249 g/mol. The number of rotatable bonds is 5. The Morgan fingerprint density at radius 3 is 2.76 bits per heavy atom. The molecule has 0 aliphatic rings. The van der Waals surface area contributed by atoms with Crippen LogP contribution in [0.3, 0.4) is 0 Å². The van der Waals surface area contributed by atoms with Gasteiger partial charge in [0.25, 0.3) is 0 Å². The minimum absolute atomic E-state index is 0.191. The second-order valence-electron chi connectivity index (χ2n) is 4.57. The summed E-state index contributed by atoms with van der Waals surface area (Å²) < 4.78 is 0.191. The van der Waals surface area contributed by atoms with Crippen LogP contribution < -0.4 is 11.1 Å². The molecule has 0 fully saturated rings. The number of hydrogen-bond donors (Lipinski definition) is 2. The summed E-state index contributed by atoms with van der Waals surface area (Å²) in [5.41, 5.74) is 8.39. The van der Waals surface area contributed by atoms with Gasteiger partial charge in [-0.05, 0) is 43.9 Å². The number of nitrogens with two attached hydrogens (primary N) is 1. The number of nitriles is 1. The van der Waals surface area contributed by atoms with E-state index < -0.39 is 0 Å². The van der Waals surface area contributed by atoms with Gasteiger partial charge in [0.2, 0.25) is 0 Å². The molecule has 0 radical (unpaired) electrons. The Kier molecular flexibility index (Phi) is 4.71. The quantitative estimate of drug-likeness (QED) is 0.788. The van der Waals surface area contributed by atoms with E-state index in [2.05, 4.69) is 31.5 Å². The van der Waals surface area contributed by atoms with Gasteiger partial charge in [-0.25, -0.2) is 0 Å². The molecule has 17 heavy (non-hydrogen) atoms. The first-order chi connectivity index (χ1) is 7.98. The Hall–Kier alpha value is -1.34. The maximum Gasteiger partial charge on any atom is 0.0670 e. The lowest BCUT2D eigenvalue weighted by Gasteiger charge is -2.23. The smallest absolute Gasteiger partial charge is 0.0670 e. The highest BCUT2D eigenvalue weighted by Crippen LogP contribution is 2.23. The fourth-order valence-electron chi connectivity index (χ4n) is 1.34. The lowest BCUT2D eigenvalue weighted by Crippen LogP contribution is -2.25. The van der Waals surface area contributed by atoms with Crippen LogP contribution in [0.15, 0.2) is 18.2 Å². The largest absolute Gasteiger partial charge is 0.398 e. The van der Waals surface area contributed by atoms with Gasteiger partial charge in [0.15, 0.2) is 0 Å². The molecular formula is C13H19N3S. The highest BCUT2D eigenvalue weighted by atomic mass is 32.2. The van der Waals surface area contributed by atoms with Gasteiger partial charge < -0.3 is 11.1 Å². The van der Waals surface area contributed by atoms with Crippen LogP contribution in [-0.2, 0) is 6.42 Å². The number of nitrogens with zero attached hydrogens (tertiary/aromatic N) is 1. The van der Waals surface area contributed by atoms with E-state index in [4.69, 9.17) is 11.0 Å². The third-order valence-electron chi connectivity index (χ3n) is 2.68. The van der Waals surface area contributed by atoms with Crippen molar-refractivity contribution in [2.75, 3.05) is 23.9 Å². The zero-order chi connectivity index (χ0) is 12.9. The van der Waals surface area contributed by atoms with E-state index in [1.54, 1.807) is 0 Å². The molecule has 0 spiro atoms. The molecule has 0 amide bonds. The van der Waals surface area contributed by atoms with Gasteiger partial charge >= 0.3 is 0 Å². The average Bonchev–Trinajstić information content (AvgIpc) is 2.31. The molecule has 1 aromatic rings. The molecule has 4 heteroatoms. The molecule has 0 saturated carbocycles. The lowest BCUT2D eigenvalue weighted by molar-refractivity contribution is 0.752. The van der Waals surface area contributed by atoms with E-state index in [1.807, 2.05) is 30.0 Å². The average molecular weight is 249 g/mol. The van der Waals surface area contributed by atoms with E-state index in [-0.39, 0.29) is 4.75 Å². The summed E-state index contributed by atoms with van der Waals surface area (Å²) in [7, 11) is 0. The van der Waals surface area contributed by atoms with Gasteiger partial charge in [-0.2, -0.15) is 17.0 Å². The van der Waals surface area contributed by atoms with E-state index in [9.17, 15) is 0 Å². The highest BCUT2D eigenvalue weighted by molar-refractivity contribution is 7.99. The Balaban J connectivity index is 2.73. The summed E-state index contributed by atoms with van der Waals surface area (Å²) in [6, 6.07) is 7.88. The molecule has 0 heterocycles. The van der Waals surface area contributed by atoms with Gasteiger partial charge in [0.05, 0.1) is 12.5 Å². The van der Waals surface area contributed by atoms with Gasteiger partial charge in [-0.15, -0.1) is 0 Å². The number of benzene rings is 1. The van der Waals surface area contributed by atoms with Crippen LogP contribution in [0.1, 0.15) is 19.4 Å². The van der Waals surface area contributed by atoms with Crippen LogP contribution in [0.4, 0.5) is 11.4 Å². The van der Waals surface area contributed by atoms with Crippen LogP contribution >= 0.6 is 11.8 Å². The Bertz CT molecular complexity index is 421. The van der Waals surface area contributed by atoms with Crippen LogP contribution in [0.25, 0.3) is 0 Å². The minimum atomic E-state index is 0.191. The predicted molar refractivity (Wildman–Crippen MR) is 76.3 cm³/mol. The topological polar surface area (TPSA) is 61.8 Å². The Labute approximate surface area is 107 Å². The fraction of sp³-hybridized carbons (Fsp3) is 0.462. The van der Waals surface area contributed by atoms with Crippen molar-refractivity contribution in [1.29, 1.82) is 5.26 Å². The lowest BCUT2D eigenvalue weighted by atomic mass is 10.1. The normalized spacial score (nSPS) is 10.9. The molecule has 1 aromatic carbocycles. The fourth-order valence-corrected chi connectivity index (χ4v) is 1.56. The van der Waals surface area contributed by atoms with Crippen molar-refractivity contribution in [2.24, 2.45) is 0 Å². The van der Waals surface area contributed by atoms with Crippen molar-refractivity contribution in [2.45, 2.75) is 25.0 Å². The molecular weight excluding hydrogens is 230 g/mol. The van der Waals surface area contributed by atoms with Crippen molar-refractivity contribution in [3.05, 3.63) is 23.8 Å². The molecule has 0 atom stereocenters. The molecule has 92 valence electrons. The Morgan fingerprint density at radius 2 is 2.18 bits per heavy atom. The van der Waals surface area contributed by atoms with Gasteiger partial charge in [0, 0.05) is 22.7 Å². The molecule has 0 bridgehead atoms. The third kappa shape index (κ3) is 4.20. The van der Waals surface area contributed by atoms with Crippen LogP contribution in [-0.4, -0.2) is 17.5 Å². The van der Waals surface area contributed by atoms with E-state index in [0.29, 0.717) is 12.1 Å². The van der Waals surface area contributed by atoms with Crippen molar-refractivity contribution in [1.82, 2.24) is 0 Å². The van der Waals surface area contributed by atoms with Gasteiger partial charge in [-0.1, -0.05) is 0 Å². The molecule has 3 nitrogen and oxygen atoms in total. The maximum absolute atomic E-state index is 8.70. The number of nitrogen functional groups attached to an aromatic ring is 1. The van der Waals surface area contributed by atoms with Gasteiger partial charge in [-0.3, -0.25) is 0 Å². The first-order valence-electron chi connectivity index (χ1n) is 5.53. The molecule has 3 N–H and O–H groups in total. The molecule has 0 aliphatic heterocycles. The summed E-state index contributed by atoms with van der Waals surface area (Å²) in [6.07, 6.45) is 2.46. The van der Waals surface area contributed by atoms with Crippen molar-refractivity contribution >= 4 is 23.1 Å². The molecule has 0 aliphatic carbocycles. The van der Waals surface area contributed by atoms with Crippen molar-refractivity contribution in [3.63, 3.8) is 0 Å². The number of anilines is 2. The first-order valence-corrected chi connectivity index (χ1v) is 6.75. The highest BCUT2D eigenvalue weighted by Gasteiger charge is 2.15. The summed E-state index contributed by atoms with van der Waals surface area (Å²) in [4.78, 5) is 0. The summed E-state index contributed by atoms with van der Waals surface area (Å²) in [5, 5.41) is 12.1. The van der Waals surface area contributed by atoms with E-state index in [1.165, 1.54) is 0 Å². The van der Waals surface area contributed by atoms with Crippen LogP contribution in [0.2, 0.25) is 0 Å². The van der Waals surface area contributed by atoms with E-state index >= 15 is 0 Å². The van der Waals surface area contributed by atoms with Crippen molar-refractivity contribution < 1.29 is 0 Å². The van der Waals surface area contributed by atoms with Crippen LogP contribution in [0.5, 0.6) is 0 Å². The SMILES string of the molecule is CSC(C)(C)CNc1ccc(N)c(CC#N)c1. The third-order valence-corrected chi connectivity index (χ3v) is 3.93. The van der Waals surface area contributed by atoms with Gasteiger partial charge in [0.1, 0.15) is 0 Å². The molecule has 1 rings (SSSR count). The van der Waals surface area contributed by atoms with Crippen molar-refractivity contribution in [3.8, 4) is 6.07 Å². The number of nitrogens with one attached hydrogen (secondary N) is 1. The summed E-state index contributed by atoms with van der Waals surface area (Å²) >= 11 is 1.82. The summed E-state index contributed by atoms with van der Waals surface area (Å²) in [6.45, 7) is 5.26. The number of hydrogen-bond acceptors (Lipinski definition) is 4. The first kappa shape index (κ1) is 13.7. The zero-order valence-electron chi connectivity index (χ0n) is 10.6. The Morgan fingerprint density at radius 1 is 1.47 bits per heavy atom. The second-order valence-corrected chi connectivity index (χ2v) is 6.08. The molecule has 0 aromatic heterocycles. The maximum atomic E-state index is 8.70. The van der Waals surface area contributed by atoms with E-state index in [0.717, 1.165) is 17.8 Å². The summed E-state index contributed by atoms with van der Waals surface area (Å²) in [5.74, 6) is 0. The molecule has 0 unspecified atom stereocenters. The number of thioether (sulfide) groups is 1. The predicted octanol–water partition coefficient (Wildman–Crippen LogP) is 2.89. The standard InChI is InChI=1S/C13H19N3S/c1-13(2,17-3)9-16-11-4-5-12(15)10(8-11)6-7-14/h4-5,8,16H,6,9,15H2,1-3H3. The van der Waals surface area contributed by atoms with Crippen LogP contribution in [0, 0.1) is 11.3 Å². The minimum Gasteiger partial charge on any atom is -0.398 e. The second kappa shape index (κ2) is 5.83.